The minimum atomic E-state index is 0.184. The second-order valence-electron chi connectivity index (χ2n) is 3.53. The van der Waals surface area contributed by atoms with Crippen LogP contribution in [0.1, 0.15) is 19.8 Å². The van der Waals surface area contributed by atoms with E-state index in [-0.39, 0.29) is 11.3 Å². The highest BCUT2D eigenvalue weighted by molar-refractivity contribution is 6.28. The summed E-state index contributed by atoms with van der Waals surface area (Å²) in [6.45, 7) is 2.72. The fraction of sp³-hybridized carbons (Fsp3) is 0.600. The lowest BCUT2D eigenvalue weighted by Gasteiger charge is -2.18. The monoisotopic (exact) mass is 244 g/mol. The molecule has 0 fully saturated rings. The molecule has 1 atom stereocenters. The molecule has 3 N–H and O–H groups in total. The molecule has 0 spiro atoms. The molecule has 0 bridgehead atoms. The van der Waals surface area contributed by atoms with Crippen molar-refractivity contribution in [3.8, 4) is 0 Å². The summed E-state index contributed by atoms with van der Waals surface area (Å²) in [5, 5.41) is 3.39. The van der Waals surface area contributed by atoms with Crippen LogP contribution < -0.4 is 11.1 Å². The van der Waals surface area contributed by atoms with Gasteiger partial charge in [0, 0.05) is 7.11 Å². The van der Waals surface area contributed by atoms with Crippen LogP contribution in [-0.4, -0.2) is 29.7 Å². The summed E-state index contributed by atoms with van der Waals surface area (Å²) in [6.07, 6.45) is 3.53. The standard InChI is InChI=1S/C10H17ClN4O/c1-3-4-7(6-16-2)14-9-8(12)5-13-10(11)15-9/h5,7H,3-4,6,12H2,1-2H3,(H,13,14,15). The first-order valence-corrected chi connectivity index (χ1v) is 5.58. The molecule has 0 aromatic carbocycles. The Morgan fingerprint density at radius 3 is 3.00 bits per heavy atom. The Hall–Kier alpha value is -1.07. The summed E-state index contributed by atoms with van der Waals surface area (Å²) >= 11 is 5.71. The molecule has 0 radical (unpaired) electrons. The first kappa shape index (κ1) is 13.0. The molecule has 16 heavy (non-hydrogen) atoms. The van der Waals surface area contributed by atoms with Crippen molar-refractivity contribution >= 4 is 23.1 Å². The van der Waals surface area contributed by atoms with Crippen LogP contribution in [0.4, 0.5) is 11.5 Å². The second kappa shape index (κ2) is 6.50. The van der Waals surface area contributed by atoms with Crippen molar-refractivity contribution < 1.29 is 4.74 Å². The van der Waals surface area contributed by atoms with Crippen molar-refractivity contribution in [2.45, 2.75) is 25.8 Å². The summed E-state index contributed by atoms with van der Waals surface area (Å²) < 4.78 is 5.12. The van der Waals surface area contributed by atoms with E-state index in [0.29, 0.717) is 18.1 Å². The van der Waals surface area contributed by atoms with Crippen LogP contribution >= 0.6 is 11.6 Å². The maximum atomic E-state index is 5.74. The normalized spacial score (nSPS) is 12.4. The van der Waals surface area contributed by atoms with Gasteiger partial charge >= 0.3 is 0 Å². The van der Waals surface area contributed by atoms with Crippen molar-refractivity contribution in [1.29, 1.82) is 0 Å². The fourth-order valence-corrected chi connectivity index (χ4v) is 1.56. The summed E-state index contributed by atoms with van der Waals surface area (Å²) in [7, 11) is 1.67. The Morgan fingerprint density at radius 1 is 1.62 bits per heavy atom. The average molecular weight is 245 g/mol. The van der Waals surface area contributed by atoms with Gasteiger partial charge in [-0.05, 0) is 18.0 Å². The van der Waals surface area contributed by atoms with Crippen LogP contribution in [0.3, 0.4) is 0 Å². The molecular weight excluding hydrogens is 228 g/mol. The van der Waals surface area contributed by atoms with Gasteiger partial charge < -0.3 is 15.8 Å². The third-order valence-electron chi connectivity index (χ3n) is 2.13. The van der Waals surface area contributed by atoms with Gasteiger partial charge in [0.15, 0.2) is 5.82 Å². The molecule has 0 aliphatic carbocycles. The molecule has 0 saturated heterocycles. The van der Waals surface area contributed by atoms with Crippen LogP contribution in [-0.2, 0) is 4.74 Å². The van der Waals surface area contributed by atoms with Crippen molar-refractivity contribution in [2.75, 3.05) is 24.8 Å². The first-order valence-electron chi connectivity index (χ1n) is 5.20. The van der Waals surface area contributed by atoms with Crippen LogP contribution in [0, 0.1) is 0 Å². The molecule has 5 nitrogen and oxygen atoms in total. The topological polar surface area (TPSA) is 73.1 Å². The van der Waals surface area contributed by atoms with Crippen LogP contribution in [0.25, 0.3) is 0 Å². The van der Waals surface area contributed by atoms with Crippen LogP contribution in [0.2, 0.25) is 5.28 Å². The van der Waals surface area contributed by atoms with E-state index in [1.165, 1.54) is 6.20 Å². The number of nitrogens with one attached hydrogen (secondary N) is 1. The summed E-state index contributed by atoms with van der Waals surface area (Å²) in [6, 6.07) is 0.184. The predicted octanol–water partition coefficient (Wildman–Crippen LogP) is 1.94. The highest BCUT2D eigenvalue weighted by atomic mass is 35.5. The molecule has 1 unspecified atom stereocenters. The molecule has 6 heteroatoms. The van der Waals surface area contributed by atoms with Crippen molar-refractivity contribution in [3.05, 3.63) is 11.5 Å². The van der Waals surface area contributed by atoms with Gasteiger partial charge in [-0.15, -0.1) is 0 Å². The minimum Gasteiger partial charge on any atom is -0.394 e. The average Bonchev–Trinajstić information content (AvgIpc) is 2.24. The number of nitrogens with two attached hydrogens (primary N) is 1. The lowest BCUT2D eigenvalue weighted by Crippen LogP contribution is -2.25. The molecule has 1 aromatic heterocycles. The smallest absolute Gasteiger partial charge is 0.224 e. The van der Waals surface area contributed by atoms with E-state index >= 15 is 0 Å². The number of anilines is 2. The second-order valence-corrected chi connectivity index (χ2v) is 3.87. The Balaban J connectivity index is 2.71. The number of halogens is 1. The Morgan fingerprint density at radius 2 is 2.38 bits per heavy atom. The predicted molar refractivity (Wildman–Crippen MR) is 65.6 cm³/mol. The SMILES string of the molecule is CCCC(COC)Nc1nc(Cl)ncc1N. The van der Waals surface area contributed by atoms with E-state index in [0.717, 1.165) is 12.8 Å². The van der Waals surface area contributed by atoms with Gasteiger partial charge in [0.1, 0.15) is 0 Å². The maximum Gasteiger partial charge on any atom is 0.224 e. The van der Waals surface area contributed by atoms with Gasteiger partial charge in [-0.2, -0.15) is 4.98 Å². The number of nitrogen functional groups attached to an aromatic ring is 1. The van der Waals surface area contributed by atoms with Gasteiger partial charge in [0.25, 0.3) is 0 Å². The maximum absolute atomic E-state index is 5.74. The van der Waals surface area contributed by atoms with Crippen molar-refractivity contribution in [3.63, 3.8) is 0 Å². The van der Waals surface area contributed by atoms with Gasteiger partial charge in [-0.25, -0.2) is 4.98 Å². The van der Waals surface area contributed by atoms with E-state index < -0.39 is 0 Å². The summed E-state index contributed by atoms with van der Waals surface area (Å²) in [4.78, 5) is 7.84. The van der Waals surface area contributed by atoms with E-state index in [1.54, 1.807) is 7.11 Å². The summed E-state index contributed by atoms with van der Waals surface area (Å²) in [5.41, 5.74) is 6.23. The lowest BCUT2D eigenvalue weighted by atomic mass is 10.2. The third kappa shape index (κ3) is 3.83. The first-order chi connectivity index (χ1) is 7.67. The van der Waals surface area contributed by atoms with Gasteiger partial charge in [-0.1, -0.05) is 13.3 Å². The zero-order chi connectivity index (χ0) is 12.0. The largest absolute Gasteiger partial charge is 0.394 e. The van der Waals surface area contributed by atoms with E-state index in [2.05, 4.69) is 22.2 Å². The van der Waals surface area contributed by atoms with Gasteiger partial charge in [-0.3, -0.25) is 0 Å². The number of rotatable bonds is 6. The highest BCUT2D eigenvalue weighted by Gasteiger charge is 2.10. The highest BCUT2D eigenvalue weighted by Crippen LogP contribution is 2.18. The zero-order valence-corrected chi connectivity index (χ0v) is 10.3. The number of ether oxygens (including phenoxy) is 1. The Labute approximate surface area is 100 Å². The molecule has 1 rings (SSSR count). The molecule has 0 aliphatic heterocycles. The number of hydrogen-bond donors (Lipinski definition) is 2. The van der Waals surface area contributed by atoms with E-state index in [9.17, 15) is 0 Å². The molecule has 90 valence electrons. The number of aromatic nitrogens is 2. The summed E-state index contributed by atoms with van der Waals surface area (Å²) in [5.74, 6) is 0.565. The molecule has 0 aliphatic rings. The quantitative estimate of drug-likeness (QED) is 0.749. The fourth-order valence-electron chi connectivity index (χ4n) is 1.43. The molecular formula is C10H17ClN4O. The van der Waals surface area contributed by atoms with Crippen molar-refractivity contribution in [2.24, 2.45) is 0 Å². The molecule has 0 amide bonds. The number of nitrogens with zero attached hydrogens (tertiary/aromatic N) is 2. The van der Waals surface area contributed by atoms with E-state index in [4.69, 9.17) is 22.1 Å². The Kier molecular flexibility index (Phi) is 5.28. The molecule has 1 heterocycles. The van der Waals surface area contributed by atoms with Gasteiger partial charge in [0.05, 0.1) is 24.5 Å². The number of hydrogen-bond acceptors (Lipinski definition) is 5. The molecule has 0 saturated carbocycles. The minimum absolute atomic E-state index is 0.184. The van der Waals surface area contributed by atoms with Crippen LogP contribution in [0.5, 0.6) is 0 Å². The zero-order valence-electron chi connectivity index (χ0n) is 9.53. The number of methoxy groups -OCH3 is 1. The van der Waals surface area contributed by atoms with Gasteiger partial charge in [0.2, 0.25) is 5.28 Å². The molecule has 1 aromatic rings. The van der Waals surface area contributed by atoms with Crippen molar-refractivity contribution in [1.82, 2.24) is 9.97 Å². The third-order valence-corrected chi connectivity index (χ3v) is 2.32. The lowest BCUT2D eigenvalue weighted by molar-refractivity contribution is 0.182. The van der Waals surface area contributed by atoms with Crippen LogP contribution in [0.15, 0.2) is 6.20 Å². The van der Waals surface area contributed by atoms with E-state index in [1.807, 2.05) is 0 Å². The Bertz CT molecular complexity index is 329.